The first-order valence-corrected chi connectivity index (χ1v) is 9.46. The summed E-state index contributed by atoms with van der Waals surface area (Å²) >= 11 is 0. The van der Waals surface area contributed by atoms with Crippen molar-refractivity contribution in [3.05, 3.63) is 63.6 Å². The Morgan fingerprint density at radius 1 is 1.24 bits per heavy atom. The second-order valence-corrected chi connectivity index (χ2v) is 6.57. The smallest absolute Gasteiger partial charge is 0.339 e. The number of pyridine rings is 1. The summed E-state index contributed by atoms with van der Waals surface area (Å²) in [6, 6.07) is 8.97. The molecule has 152 valence electrons. The van der Waals surface area contributed by atoms with Gasteiger partial charge in [-0.3, -0.25) is 4.79 Å². The molecule has 0 saturated carbocycles. The zero-order chi connectivity index (χ0) is 20.8. The Bertz CT molecular complexity index is 1070. The molecule has 2 aromatic heterocycles. The molecule has 29 heavy (non-hydrogen) atoms. The van der Waals surface area contributed by atoms with Gasteiger partial charge in [0.2, 0.25) is 11.8 Å². The molecule has 1 amide bonds. The van der Waals surface area contributed by atoms with E-state index >= 15 is 0 Å². The van der Waals surface area contributed by atoms with Crippen molar-refractivity contribution in [2.24, 2.45) is 0 Å². The Morgan fingerprint density at radius 2 is 2.07 bits per heavy atom. The van der Waals surface area contributed by atoms with Gasteiger partial charge < -0.3 is 19.2 Å². The number of carbonyl (C=O) groups excluding carboxylic acids is 1. The first kappa shape index (κ1) is 20.4. The minimum Gasteiger partial charge on any atom is -0.497 e. The molecule has 1 N–H and O–H groups in total. The lowest BCUT2D eigenvalue weighted by Crippen LogP contribution is -2.24. The minimum atomic E-state index is -0.424. The van der Waals surface area contributed by atoms with Gasteiger partial charge >= 0.3 is 5.63 Å². The number of aryl methyl sites for hydroxylation is 1. The third kappa shape index (κ3) is 4.93. The van der Waals surface area contributed by atoms with Crippen molar-refractivity contribution in [2.75, 3.05) is 13.7 Å². The van der Waals surface area contributed by atoms with Crippen LogP contribution in [0.15, 0.2) is 45.7 Å². The highest BCUT2D eigenvalue weighted by Crippen LogP contribution is 2.24. The SMILES string of the molecule is CCOc1cc(CNC(=O)CCc2c(C)c3ccc(OC)cc3oc2=O)ccn1. The van der Waals surface area contributed by atoms with Crippen molar-refractivity contribution in [2.45, 2.75) is 33.2 Å². The van der Waals surface area contributed by atoms with Crippen molar-refractivity contribution >= 4 is 16.9 Å². The Labute approximate surface area is 168 Å². The zero-order valence-electron chi connectivity index (χ0n) is 16.8. The van der Waals surface area contributed by atoms with E-state index in [9.17, 15) is 9.59 Å². The number of nitrogens with one attached hydrogen (secondary N) is 1. The highest BCUT2D eigenvalue weighted by atomic mass is 16.5. The number of methoxy groups -OCH3 is 1. The highest BCUT2D eigenvalue weighted by molar-refractivity contribution is 5.82. The second kappa shape index (κ2) is 9.23. The zero-order valence-corrected chi connectivity index (χ0v) is 16.8. The van der Waals surface area contributed by atoms with Crippen LogP contribution in [0.3, 0.4) is 0 Å². The first-order chi connectivity index (χ1) is 14.0. The maximum Gasteiger partial charge on any atom is 0.339 e. The van der Waals surface area contributed by atoms with Crippen LogP contribution in [0.4, 0.5) is 0 Å². The van der Waals surface area contributed by atoms with Crippen LogP contribution < -0.4 is 20.4 Å². The standard InChI is InChI=1S/C22H24N2O5/c1-4-28-21-11-15(9-10-23-21)13-24-20(25)8-7-18-14(2)17-6-5-16(27-3)12-19(17)29-22(18)26/h5-6,9-12H,4,7-8,13H2,1-3H3,(H,24,25). The fraction of sp³-hybridized carbons (Fsp3) is 0.318. The molecule has 0 saturated heterocycles. The van der Waals surface area contributed by atoms with Gasteiger partial charge in [-0.15, -0.1) is 0 Å². The van der Waals surface area contributed by atoms with E-state index in [1.165, 1.54) is 0 Å². The lowest BCUT2D eigenvalue weighted by atomic mass is 10.0. The number of rotatable bonds is 8. The van der Waals surface area contributed by atoms with Crippen LogP contribution in [-0.2, 0) is 17.8 Å². The summed E-state index contributed by atoms with van der Waals surface area (Å²) in [6.45, 7) is 4.65. The van der Waals surface area contributed by atoms with Crippen LogP contribution in [0.25, 0.3) is 11.0 Å². The number of carbonyl (C=O) groups is 1. The highest BCUT2D eigenvalue weighted by Gasteiger charge is 2.13. The molecule has 7 nitrogen and oxygen atoms in total. The van der Waals surface area contributed by atoms with Gasteiger partial charge in [0.25, 0.3) is 0 Å². The molecule has 7 heteroatoms. The summed E-state index contributed by atoms with van der Waals surface area (Å²) in [5.74, 6) is 1.00. The molecule has 1 aromatic carbocycles. The molecule has 0 bridgehead atoms. The Balaban J connectivity index is 1.65. The van der Waals surface area contributed by atoms with Crippen LogP contribution in [0, 0.1) is 6.92 Å². The quantitative estimate of drug-likeness (QED) is 0.588. The van der Waals surface area contributed by atoms with Gasteiger partial charge in [0.15, 0.2) is 0 Å². The Hall–Kier alpha value is -3.35. The number of ether oxygens (including phenoxy) is 2. The fourth-order valence-electron chi connectivity index (χ4n) is 3.11. The average Bonchev–Trinajstić information content (AvgIpc) is 2.72. The van der Waals surface area contributed by atoms with Crippen LogP contribution in [0.1, 0.15) is 30.0 Å². The molecule has 0 radical (unpaired) electrons. The fourth-order valence-corrected chi connectivity index (χ4v) is 3.11. The van der Waals surface area contributed by atoms with E-state index in [-0.39, 0.29) is 12.3 Å². The summed E-state index contributed by atoms with van der Waals surface area (Å²) in [7, 11) is 1.56. The van der Waals surface area contributed by atoms with Crippen molar-refractivity contribution in [3.63, 3.8) is 0 Å². The van der Waals surface area contributed by atoms with Crippen molar-refractivity contribution < 1.29 is 18.7 Å². The minimum absolute atomic E-state index is 0.145. The summed E-state index contributed by atoms with van der Waals surface area (Å²) in [5.41, 5.74) is 2.28. The number of nitrogens with zero attached hydrogens (tertiary/aromatic N) is 1. The second-order valence-electron chi connectivity index (χ2n) is 6.57. The van der Waals surface area contributed by atoms with Gasteiger partial charge in [-0.2, -0.15) is 0 Å². The third-order valence-electron chi connectivity index (χ3n) is 4.68. The molecule has 0 fully saturated rings. The summed E-state index contributed by atoms with van der Waals surface area (Å²) in [4.78, 5) is 28.7. The van der Waals surface area contributed by atoms with Crippen LogP contribution in [-0.4, -0.2) is 24.6 Å². The van der Waals surface area contributed by atoms with Gasteiger partial charge in [0.05, 0.1) is 13.7 Å². The van der Waals surface area contributed by atoms with Crippen LogP contribution >= 0.6 is 0 Å². The van der Waals surface area contributed by atoms with Crippen molar-refractivity contribution in [3.8, 4) is 11.6 Å². The molecule has 0 aliphatic rings. The molecule has 0 aliphatic heterocycles. The number of aromatic nitrogens is 1. The van der Waals surface area contributed by atoms with E-state index < -0.39 is 5.63 Å². The average molecular weight is 396 g/mol. The predicted molar refractivity (Wildman–Crippen MR) is 109 cm³/mol. The number of amides is 1. The molecular weight excluding hydrogens is 372 g/mol. The van der Waals surface area contributed by atoms with Gasteiger partial charge in [-0.25, -0.2) is 9.78 Å². The Kier molecular flexibility index (Phi) is 6.49. The maximum atomic E-state index is 12.4. The van der Waals surface area contributed by atoms with E-state index in [0.717, 1.165) is 16.5 Å². The van der Waals surface area contributed by atoms with Crippen molar-refractivity contribution in [1.29, 1.82) is 0 Å². The topological polar surface area (TPSA) is 90.7 Å². The monoisotopic (exact) mass is 396 g/mol. The summed E-state index contributed by atoms with van der Waals surface area (Å²) in [5, 5.41) is 3.69. The number of hydrogen-bond acceptors (Lipinski definition) is 6. The number of hydrogen-bond donors (Lipinski definition) is 1. The van der Waals surface area contributed by atoms with Gasteiger partial charge in [-0.05, 0) is 49.6 Å². The summed E-state index contributed by atoms with van der Waals surface area (Å²) < 4.78 is 16.0. The normalized spacial score (nSPS) is 10.7. The van der Waals surface area contributed by atoms with E-state index in [0.29, 0.717) is 42.3 Å². The molecule has 0 unspecified atom stereocenters. The Morgan fingerprint density at radius 3 is 2.83 bits per heavy atom. The number of benzene rings is 1. The summed E-state index contributed by atoms with van der Waals surface area (Å²) in [6.07, 6.45) is 2.14. The maximum absolute atomic E-state index is 12.4. The van der Waals surface area contributed by atoms with E-state index in [4.69, 9.17) is 13.9 Å². The lowest BCUT2D eigenvalue weighted by molar-refractivity contribution is -0.121. The van der Waals surface area contributed by atoms with Crippen molar-refractivity contribution in [1.82, 2.24) is 10.3 Å². The van der Waals surface area contributed by atoms with E-state index in [1.807, 2.05) is 32.0 Å². The van der Waals surface area contributed by atoms with Gasteiger partial charge in [-0.1, -0.05) is 0 Å². The predicted octanol–water partition coefficient (Wildman–Crippen LogP) is 3.15. The van der Waals surface area contributed by atoms with E-state index in [1.54, 1.807) is 25.4 Å². The first-order valence-electron chi connectivity index (χ1n) is 9.46. The van der Waals surface area contributed by atoms with Gasteiger partial charge in [0, 0.05) is 42.2 Å². The number of fused-ring (bicyclic) bond motifs is 1. The lowest BCUT2D eigenvalue weighted by Gasteiger charge is -2.10. The molecular formula is C22H24N2O5. The van der Waals surface area contributed by atoms with Gasteiger partial charge in [0.1, 0.15) is 11.3 Å². The molecule has 0 aliphatic carbocycles. The van der Waals surface area contributed by atoms with Crippen LogP contribution in [0.5, 0.6) is 11.6 Å². The molecule has 2 heterocycles. The molecule has 0 spiro atoms. The third-order valence-corrected chi connectivity index (χ3v) is 4.68. The van der Waals surface area contributed by atoms with Crippen LogP contribution in [0.2, 0.25) is 0 Å². The van der Waals surface area contributed by atoms with E-state index in [2.05, 4.69) is 10.3 Å². The molecule has 3 aromatic rings. The molecule has 3 rings (SSSR count). The largest absolute Gasteiger partial charge is 0.497 e. The molecule has 0 atom stereocenters.